The number of aliphatic carboxylic acids is 1. The minimum Gasteiger partial charge on any atom is -0.481 e. The van der Waals surface area contributed by atoms with Crippen LogP contribution in [0.1, 0.15) is 32.3 Å². The smallest absolute Gasteiger partial charge is 0.314 e. The molecule has 0 aliphatic carbocycles. The predicted octanol–water partition coefficient (Wildman–Crippen LogP) is 3.63. The lowest BCUT2D eigenvalue weighted by Crippen LogP contribution is -2.39. The van der Waals surface area contributed by atoms with Crippen molar-refractivity contribution in [2.45, 2.75) is 32.1 Å². The van der Waals surface area contributed by atoms with Crippen LogP contribution in [0.4, 0.5) is 0 Å². The van der Waals surface area contributed by atoms with Gasteiger partial charge >= 0.3 is 5.97 Å². The largest absolute Gasteiger partial charge is 0.481 e. The van der Waals surface area contributed by atoms with Crippen molar-refractivity contribution in [1.29, 1.82) is 0 Å². The summed E-state index contributed by atoms with van der Waals surface area (Å²) in [5.41, 5.74) is -0.0511. The van der Waals surface area contributed by atoms with Crippen LogP contribution < -0.4 is 0 Å². The summed E-state index contributed by atoms with van der Waals surface area (Å²) in [7, 11) is 0. The molecule has 1 aromatic rings. The Morgan fingerprint density at radius 3 is 2.47 bits per heavy atom. The van der Waals surface area contributed by atoms with Crippen LogP contribution >= 0.6 is 0 Å². The van der Waals surface area contributed by atoms with Gasteiger partial charge in [-0.15, -0.1) is 6.58 Å². The van der Waals surface area contributed by atoms with E-state index < -0.39 is 11.4 Å². The first kappa shape index (κ1) is 13.5. The summed E-state index contributed by atoms with van der Waals surface area (Å²) in [5, 5.41) is 9.57. The van der Waals surface area contributed by atoms with Gasteiger partial charge in [0, 0.05) is 0 Å². The van der Waals surface area contributed by atoms with Gasteiger partial charge in [0.15, 0.2) is 0 Å². The Hall–Kier alpha value is -1.57. The van der Waals surface area contributed by atoms with Crippen LogP contribution in [-0.4, -0.2) is 11.1 Å². The fourth-order valence-corrected chi connectivity index (χ4v) is 2.23. The van der Waals surface area contributed by atoms with Gasteiger partial charge in [-0.1, -0.05) is 49.8 Å². The van der Waals surface area contributed by atoms with E-state index in [1.165, 1.54) is 0 Å². The molecule has 2 heteroatoms. The van der Waals surface area contributed by atoms with Crippen LogP contribution in [0, 0.1) is 5.92 Å². The molecule has 1 rings (SSSR count). The van der Waals surface area contributed by atoms with Gasteiger partial charge in [0.05, 0.1) is 5.41 Å². The van der Waals surface area contributed by atoms with E-state index in [4.69, 9.17) is 0 Å². The highest BCUT2D eigenvalue weighted by atomic mass is 16.4. The van der Waals surface area contributed by atoms with Crippen molar-refractivity contribution >= 4 is 5.97 Å². The number of benzene rings is 1. The van der Waals surface area contributed by atoms with Gasteiger partial charge in [-0.05, 0) is 24.8 Å². The second-order valence-electron chi connectivity index (χ2n) is 4.50. The SMILES string of the molecule is C=C[C@@H](CCC)[C@](C)(C(=O)O)c1ccccc1. The van der Waals surface area contributed by atoms with E-state index in [1.807, 2.05) is 30.3 Å². The van der Waals surface area contributed by atoms with Gasteiger partial charge in [-0.25, -0.2) is 0 Å². The molecule has 1 N–H and O–H groups in total. The summed E-state index contributed by atoms with van der Waals surface area (Å²) < 4.78 is 0. The van der Waals surface area contributed by atoms with Gasteiger partial charge in [0.25, 0.3) is 0 Å². The normalized spacial score (nSPS) is 15.9. The van der Waals surface area contributed by atoms with Crippen molar-refractivity contribution in [1.82, 2.24) is 0 Å². The van der Waals surface area contributed by atoms with Crippen LogP contribution in [0.5, 0.6) is 0 Å². The van der Waals surface area contributed by atoms with Gasteiger partial charge in [0.2, 0.25) is 0 Å². The summed E-state index contributed by atoms with van der Waals surface area (Å²) in [5.74, 6) is -0.838. The number of allylic oxidation sites excluding steroid dienone is 1. The van der Waals surface area contributed by atoms with Gasteiger partial charge < -0.3 is 5.11 Å². The summed E-state index contributed by atoms with van der Waals surface area (Å²) in [6.45, 7) is 7.63. The quantitative estimate of drug-likeness (QED) is 0.760. The topological polar surface area (TPSA) is 37.3 Å². The van der Waals surface area contributed by atoms with E-state index in [0.717, 1.165) is 18.4 Å². The van der Waals surface area contributed by atoms with Gasteiger partial charge in [0.1, 0.15) is 0 Å². The van der Waals surface area contributed by atoms with Crippen molar-refractivity contribution in [2.24, 2.45) is 5.92 Å². The van der Waals surface area contributed by atoms with Crippen molar-refractivity contribution < 1.29 is 9.90 Å². The Bertz CT molecular complexity index is 383. The lowest BCUT2D eigenvalue weighted by molar-refractivity contribution is -0.144. The highest BCUT2D eigenvalue weighted by molar-refractivity contribution is 5.81. The standard InChI is InChI=1S/C15H20O2/c1-4-9-12(5-2)15(3,14(16)17)13-10-7-6-8-11-13/h5-8,10-12H,2,4,9H2,1,3H3,(H,16,17)/t12-,15-/m0/s1. The van der Waals surface area contributed by atoms with Crippen molar-refractivity contribution in [3.63, 3.8) is 0 Å². The first-order valence-electron chi connectivity index (χ1n) is 5.98. The van der Waals surface area contributed by atoms with Crippen LogP contribution in [0.15, 0.2) is 43.0 Å². The van der Waals surface area contributed by atoms with E-state index in [0.29, 0.717) is 0 Å². The molecular formula is C15H20O2. The molecule has 0 bridgehead atoms. The number of rotatable bonds is 6. The third-order valence-electron chi connectivity index (χ3n) is 3.44. The molecule has 0 aliphatic rings. The minimum atomic E-state index is -0.890. The maximum atomic E-state index is 11.6. The molecule has 0 saturated carbocycles. The second kappa shape index (κ2) is 5.67. The summed E-state index contributed by atoms with van der Waals surface area (Å²) in [4.78, 5) is 11.6. The number of carboxylic acids is 1. The first-order valence-corrected chi connectivity index (χ1v) is 5.98. The van der Waals surface area contributed by atoms with Crippen LogP contribution in [0.3, 0.4) is 0 Å². The van der Waals surface area contributed by atoms with Gasteiger partial charge in [-0.3, -0.25) is 4.79 Å². The van der Waals surface area contributed by atoms with Crippen molar-refractivity contribution in [3.8, 4) is 0 Å². The van der Waals surface area contributed by atoms with Gasteiger partial charge in [-0.2, -0.15) is 0 Å². The molecule has 0 heterocycles. The molecule has 0 aromatic heterocycles. The van der Waals surface area contributed by atoms with Crippen molar-refractivity contribution in [2.75, 3.05) is 0 Å². The summed E-state index contributed by atoms with van der Waals surface area (Å²) in [6, 6.07) is 9.40. The third-order valence-corrected chi connectivity index (χ3v) is 3.44. The van der Waals surface area contributed by atoms with E-state index >= 15 is 0 Å². The van der Waals surface area contributed by atoms with E-state index in [-0.39, 0.29) is 5.92 Å². The summed E-state index contributed by atoms with van der Waals surface area (Å²) >= 11 is 0. The lowest BCUT2D eigenvalue weighted by Gasteiger charge is -2.32. The number of hydrogen-bond donors (Lipinski definition) is 1. The van der Waals surface area contributed by atoms with E-state index in [9.17, 15) is 9.90 Å². The predicted molar refractivity (Wildman–Crippen MR) is 70.0 cm³/mol. The average molecular weight is 232 g/mol. The Kier molecular flexibility index (Phi) is 4.50. The molecule has 0 spiro atoms. The maximum absolute atomic E-state index is 11.6. The minimum absolute atomic E-state index is 0.0487. The molecule has 2 nitrogen and oxygen atoms in total. The molecule has 2 atom stereocenters. The molecular weight excluding hydrogens is 212 g/mol. The molecule has 0 saturated heterocycles. The molecule has 0 radical (unpaired) electrons. The molecule has 17 heavy (non-hydrogen) atoms. The zero-order chi connectivity index (χ0) is 12.9. The Balaban J connectivity index is 3.22. The number of hydrogen-bond acceptors (Lipinski definition) is 1. The molecule has 0 amide bonds. The average Bonchev–Trinajstić information content (AvgIpc) is 2.35. The fraction of sp³-hybridized carbons (Fsp3) is 0.400. The fourth-order valence-electron chi connectivity index (χ4n) is 2.23. The van der Waals surface area contributed by atoms with Crippen LogP contribution in [0.25, 0.3) is 0 Å². The molecule has 0 fully saturated rings. The zero-order valence-corrected chi connectivity index (χ0v) is 10.5. The molecule has 0 aliphatic heterocycles. The molecule has 92 valence electrons. The Morgan fingerprint density at radius 1 is 1.47 bits per heavy atom. The van der Waals surface area contributed by atoms with E-state index in [1.54, 1.807) is 13.0 Å². The first-order chi connectivity index (χ1) is 8.07. The van der Waals surface area contributed by atoms with Crippen LogP contribution in [0.2, 0.25) is 0 Å². The molecule has 0 unspecified atom stereocenters. The van der Waals surface area contributed by atoms with E-state index in [2.05, 4.69) is 13.5 Å². The monoisotopic (exact) mass is 232 g/mol. The van der Waals surface area contributed by atoms with Crippen LogP contribution in [-0.2, 0) is 10.2 Å². The van der Waals surface area contributed by atoms with Crippen molar-refractivity contribution in [3.05, 3.63) is 48.6 Å². The lowest BCUT2D eigenvalue weighted by atomic mass is 9.70. The maximum Gasteiger partial charge on any atom is 0.314 e. The highest BCUT2D eigenvalue weighted by Crippen LogP contribution is 2.36. The second-order valence-corrected chi connectivity index (χ2v) is 4.50. The summed E-state index contributed by atoms with van der Waals surface area (Å²) in [6.07, 6.45) is 3.55. The number of carbonyl (C=O) groups is 1. The Morgan fingerprint density at radius 2 is 2.06 bits per heavy atom. The molecule has 1 aromatic carbocycles. The highest BCUT2D eigenvalue weighted by Gasteiger charge is 2.40. The Labute approximate surface area is 103 Å². The zero-order valence-electron chi connectivity index (χ0n) is 10.5. The third kappa shape index (κ3) is 2.57. The number of carboxylic acid groups (broad SMARTS) is 1.